The second-order valence-corrected chi connectivity index (χ2v) is 13.5. The zero-order chi connectivity index (χ0) is 27.9. The van der Waals surface area contributed by atoms with Gasteiger partial charge in [0, 0.05) is 27.4 Å². The molecular weight excluding hydrogens is 556 g/mol. The first-order valence-electron chi connectivity index (χ1n) is 12.5. The summed E-state index contributed by atoms with van der Waals surface area (Å²) in [4.78, 5) is 13.0. The van der Waals surface area contributed by atoms with Gasteiger partial charge in [0.25, 0.3) is 15.9 Å². The van der Waals surface area contributed by atoms with Crippen LogP contribution in [-0.4, -0.2) is 37.7 Å². The fraction of sp³-hybridized carbons (Fsp3) is 0.276. The maximum absolute atomic E-state index is 13.7. The van der Waals surface area contributed by atoms with Crippen LogP contribution < -0.4 is 14.8 Å². The van der Waals surface area contributed by atoms with Gasteiger partial charge in [0.1, 0.15) is 21.7 Å². The highest BCUT2D eigenvalue weighted by molar-refractivity contribution is 7.91. The third-order valence-electron chi connectivity index (χ3n) is 6.93. The van der Waals surface area contributed by atoms with Crippen molar-refractivity contribution in [3.8, 4) is 5.75 Å². The molecule has 1 aliphatic heterocycles. The van der Waals surface area contributed by atoms with Gasteiger partial charge in [0.15, 0.2) is 0 Å². The van der Waals surface area contributed by atoms with E-state index in [0.29, 0.717) is 40.4 Å². The molecular formula is C29H29ClN2O5S2. The van der Waals surface area contributed by atoms with Gasteiger partial charge in [0.2, 0.25) is 0 Å². The summed E-state index contributed by atoms with van der Waals surface area (Å²) in [5.74, 6) is 0.102. The number of aryl methyl sites for hydroxylation is 1. The van der Waals surface area contributed by atoms with E-state index in [2.05, 4.69) is 10.0 Å². The number of hydrogen-bond donors (Lipinski definition) is 3. The molecule has 10 heteroatoms. The minimum absolute atomic E-state index is 0.146. The summed E-state index contributed by atoms with van der Waals surface area (Å²) in [6.07, 6.45) is -0.546. The molecule has 0 bridgehead atoms. The zero-order valence-corrected chi connectivity index (χ0v) is 24.1. The Balaban J connectivity index is 1.44. The van der Waals surface area contributed by atoms with Gasteiger partial charge in [-0.05, 0) is 80.1 Å². The predicted molar refractivity (Wildman–Crippen MR) is 154 cm³/mol. The van der Waals surface area contributed by atoms with Crippen LogP contribution in [0.5, 0.6) is 5.75 Å². The molecule has 2 heterocycles. The highest BCUT2D eigenvalue weighted by atomic mass is 35.5. The van der Waals surface area contributed by atoms with Gasteiger partial charge in [-0.25, -0.2) is 13.1 Å². The molecule has 0 radical (unpaired) electrons. The average Bonchev–Trinajstić information content (AvgIpc) is 3.23. The number of carbonyl (C=O) groups excluding carboxylic acids is 1. The van der Waals surface area contributed by atoms with Crippen LogP contribution in [0.3, 0.4) is 0 Å². The number of benzene rings is 3. The van der Waals surface area contributed by atoms with E-state index >= 15 is 0 Å². The number of nitrogens with one attached hydrogen (secondary N) is 2. The first kappa shape index (κ1) is 27.6. The Bertz CT molecular complexity index is 1650. The summed E-state index contributed by atoms with van der Waals surface area (Å²) < 4.78 is 37.0. The van der Waals surface area contributed by atoms with E-state index < -0.39 is 27.8 Å². The number of aliphatic hydroxyl groups excluding tert-OH is 1. The summed E-state index contributed by atoms with van der Waals surface area (Å²) in [6.45, 7) is 5.56. The van der Waals surface area contributed by atoms with Crippen LogP contribution in [-0.2, 0) is 16.4 Å². The van der Waals surface area contributed by atoms with Crippen molar-refractivity contribution in [2.75, 3.05) is 6.54 Å². The van der Waals surface area contributed by atoms with E-state index in [1.165, 1.54) is 0 Å². The molecule has 3 N–H and O–H groups in total. The maximum atomic E-state index is 13.7. The number of thiophene rings is 1. The predicted octanol–water partition coefficient (Wildman–Crippen LogP) is 5.39. The lowest BCUT2D eigenvalue weighted by molar-refractivity contribution is -0.0603. The molecule has 2 unspecified atom stereocenters. The van der Waals surface area contributed by atoms with Gasteiger partial charge < -0.3 is 15.2 Å². The third kappa shape index (κ3) is 5.55. The molecule has 7 nitrogen and oxygen atoms in total. The van der Waals surface area contributed by atoms with Crippen LogP contribution in [0.15, 0.2) is 70.9 Å². The van der Waals surface area contributed by atoms with E-state index in [4.69, 9.17) is 16.3 Å². The molecule has 2 atom stereocenters. The molecule has 204 valence electrons. The van der Waals surface area contributed by atoms with E-state index in [0.717, 1.165) is 27.0 Å². The van der Waals surface area contributed by atoms with Gasteiger partial charge in [-0.2, -0.15) is 0 Å². The molecule has 1 aromatic heterocycles. The SMILES string of the molecule is Cc1c(S(=O)(=O)NC2c3cc(C(=O)NCCc4ccccc4)ccc3OC(C)(C)C2O)sc2ccc(Cl)cc12. The van der Waals surface area contributed by atoms with Crippen molar-refractivity contribution in [1.29, 1.82) is 0 Å². The number of hydrogen-bond acceptors (Lipinski definition) is 6. The number of amides is 1. The fourth-order valence-electron chi connectivity index (χ4n) is 4.78. The Labute approximate surface area is 236 Å². The Morgan fingerprint density at radius 1 is 1.10 bits per heavy atom. The molecule has 3 aromatic carbocycles. The Morgan fingerprint density at radius 3 is 2.59 bits per heavy atom. The Kier molecular flexibility index (Phi) is 7.47. The summed E-state index contributed by atoms with van der Waals surface area (Å²) >= 11 is 7.28. The third-order valence-corrected chi connectivity index (χ3v) is 10.5. The second-order valence-electron chi connectivity index (χ2n) is 10.1. The first-order valence-corrected chi connectivity index (χ1v) is 15.2. The van der Waals surface area contributed by atoms with Crippen molar-refractivity contribution in [2.45, 2.75) is 49.1 Å². The molecule has 0 saturated carbocycles. The molecule has 1 aliphatic rings. The Morgan fingerprint density at radius 2 is 1.85 bits per heavy atom. The lowest BCUT2D eigenvalue weighted by Crippen LogP contribution is -2.53. The average molecular weight is 585 g/mol. The van der Waals surface area contributed by atoms with Crippen LogP contribution in [0.25, 0.3) is 10.1 Å². The van der Waals surface area contributed by atoms with Crippen LogP contribution >= 0.6 is 22.9 Å². The van der Waals surface area contributed by atoms with Crippen molar-refractivity contribution < 1.29 is 23.1 Å². The van der Waals surface area contributed by atoms with E-state index in [-0.39, 0.29) is 10.1 Å². The van der Waals surface area contributed by atoms with Gasteiger partial charge in [-0.1, -0.05) is 41.9 Å². The van der Waals surface area contributed by atoms with Gasteiger partial charge in [0.05, 0.1) is 6.04 Å². The van der Waals surface area contributed by atoms with Gasteiger partial charge >= 0.3 is 0 Å². The van der Waals surface area contributed by atoms with Crippen LogP contribution in [0.2, 0.25) is 5.02 Å². The van der Waals surface area contributed by atoms with Crippen molar-refractivity contribution in [1.82, 2.24) is 10.0 Å². The van der Waals surface area contributed by atoms with E-state index in [1.807, 2.05) is 30.3 Å². The number of fused-ring (bicyclic) bond motifs is 2. The van der Waals surface area contributed by atoms with Crippen molar-refractivity contribution in [3.63, 3.8) is 0 Å². The van der Waals surface area contributed by atoms with Crippen LogP contribution in [0, 0.1) is 6.92 Å². The van der Waals surface area contributed by atoms with Gasteiger partial charge in [-0.3, -0.25) is 4.79 Å². The normalized spacial score (nSPS) is 18.4. The van der Waals surface area contributed by atoms with Crippen LogP contribution in [0.4, 0.5) is 0 Å². The van der Waals surface area contributed by atoms with Gasteiger partial charge in [-0.15, -0.1) is 11.3 Å². The lowest BCUT2D eigenvalue weighted by atomic mass is 9.86. The summed E-state index contributed by atoms with van der Waals surface area (Å²) in [6, 6.07) is 18.9. The standard InChI is InChI=1S/C29H29ClN2O5S2/c1-17-21-16-20(30)10-12-24(21)38-28(17)39(35,36)32-25-22-15-19(9-11-23(22)37-29(2,3)26(25)33)27(34)31-14-13-18-7-5-4-6-8-18/h4-12,15-16,25-26,32-33H,13-14H2,1-3H3,(H,31,34). The molecule has 0 fully saturated rings. The number of halogens is 1. The van der Waals surface area contributed by atoms with Crippen molar-refractivity contribution in [2.24, 2.45) is 0 Å². The van der Waals surface area contributed by atoms with Crippen molar-refractivity contribution in [3.05, 3.63) is 94.0 Å². The van der Waals surface area contributed by atoms with Crippen molar-refractivity contribution >= 4 is 49.0 Å². The molecule has 0 saturated heterocycles. The Hall–Kier alpha value is -2.95. The summed E-state index contributed by atoms with van der Waals surface area (Å²) in [7, 11) is -4.06. The summed E-state index contributed by atoms with van der Waals surface area (Å²) in [5.41, 5.74) is 1.34. The highest BCUT2D eigenvalue weighted by Crippen LogP contribution is 2.42. The molecule has 39 heavy (non-hydrogen) atoms. The summed E-state index contributed by atoms with van der Waals surface area (Å²) in [5, 5.41) is 15.4. The van der Waals surface area contributed by atoms with E-state index in [1.54, 1.807) is 57.2 Å². The number of aliphatic hydroxyl groups is 1. The number of ether oxygens (including phenoxy) is 1. The molecule has 5 rings (SSSR count). The maximum Gasteiger partial charge on any atom is 0.251 e. The quantitative estimate of drug-likeness (QED) is 0.270. The number of rotatable bonds is 7. The monoisotopic (exact) mass is 584 g/mol. The molecule has 0 aliphatic carbocycles. The largest absolute Gasteiger partial charge is 0.485 e. The van der Waals surface area contributed by atoms with Crippen LogP contribution in [0.1, 0.15) is 46.9 Å². The lowest BCUT2D eigenvalue weighted by Gasteiger charge is -2.42. The number of sulfonamides is 1. The van der Waals surface area contributed by atoms with E-state index in [9.17, 15) is 18.3 Å². The fourth-order valence-corrected chi connectivity index (χ4v) is 7.94. The molecule has 4 aromatic rings. The minimum atomic E-state index is -4.06. The molecule has 1 amide bonds. The molecule has 0 spiro atoms. The second kappa shape index (κ2) is 10.6. The smallest absolute Gasteiger partial charge is 0.251 e. The number of carbonyl (C=O) groups is 1. The zero-order valence-electron chi connectivity index (χ0n) is 21.7. The topological polar surface area (TPSA) is 105 Å². The first-order chi connectivity index (χ1) is 18.5. The minimum Gasteiger partial charge on any atom is -0.485 e. The highest BCUT2D eigenvalue weighted by Gasteiger charge is 2.45.